The van der Waals surface area contributed by atoms with Gasteiger partial charge < -0.3 is 12.4 Å². The van der Waals surface area contributed by atoms with Gasteiger partial charge in [0.25, 0.3) is 0 Å². The molecule has 0 saturated carbocycles. The molecule has 2 atom stereocenters. The Balaban J connectivity index is 0.00000119. The summed E-state index contributed by atoms with van der Waals surface area (Å²) in [6, 6.07) is 56.9. The molecule has 0 heterocycles. The number of hydrogen-bond acceptors (Lipinski definition) is 2. The average molecular weight is 848 g/mol. The predicted molar refractivity (Wildman–Crippen MR) is 196 cm³/mol. The molecule has 0 bridgehead atoms. The third kappa shape index (κ3) is 7.59. The molecule has 3 nitrogen and oxygen atoms in total. The van der Waals surface area contributed by atoms with Crippen molar-refractivity contribution in [3.8, 4) is 0 Å². The standard InChI is InChI=1S/C44H36N2.CO.ClH.Ir/c1-3-19-35(20-4-1)41(45-43-37-23-11-7-15-31(37)27-28-32-16-8-12-24-38(32)43)42(36-21-5-2-6-22-36)46-44-39-25-13-9-17-33(39)29-30-34-18-10-14-26-40(34)44;1-2;;/h1-30,41-46H;;1H;/p-1/t41-,42-;;;/m0.../s1. The van der Waals surface area contributed by atoms with Gasteiger partial charge in [-0.15, -0.1) is 0 Å². The van der Waals surface area contributed by atoms with Gasteiger partial charge in [-0.25, -0.2) is 0 Å². The Hall–Kier alpha value is -4.60. The Bertz CT molecular complexity index is 1850. The van der Waals surface area contributed by atoms with Gasteiger partial charge in [0.2, 0.25) is 0 Å². The van der Waals surface area contributed by atoms with E-state index >= 15 is 0 Å². The molecule has 0 aromatic heterocycles. The number of halogens is 1. The molecule has 249 valence electrons. The molecular weight excluding hydrogens is 812 g/mol. The summed E-state index contributed by atoms with van der Waals surface area (Å²) in [4.78, 5) is 0. The van der Waals surface area contributed by atoms with Gasteiger partial charge in [0.1, 0.15) is 0 Å². The van der Waals surface area contributed by atoms with Crippen LogP contribution in [0.25, 0.3) is 24.3 Å². The van der Waals surface area contributed by atoms with Gasteiger partial charge in [0.15, 0.2) is 0 Å². The monoisotopic (exact) mass is 848 g/mol. The fourth-order valence-corrected chi connectivity index (χ4v) is 7.21. The summed E-state index contributed by atoms with van der Waals surface area (Å²) < 4.78 is 7.50. The topological polar surface area (TPSA) is 44.0 Å². The number of benzene rings is 6. The van der Waals surface area contributed by atoms with Crippen molar-refractivity contribution in [1.82, 2.24) is 10.6 Å². The molecule has 0 amide bonds. The summed E-state index contributed by atoms with van der Waals surface area (Å²) in [6.45, 7) is 4.50. The van der Waals surface area contributed by atoms with Crippen LogP contribution in [-0.4, -0.2) is 0 Å². The predicted octanol–water partition coefficient (Wildman–Crippen LogP) is 7.16. The van der Waals surface area contributed by atoms with Crippen molar-refractivity contribution in [1.29, 1.82) is 0 Å². The zero-order valence-electron chi connectivity index (χ0n) is 27.2. The first-order valence-corrected chi connectivity index (χ1v) is 16.4. The summed E-state index contributed by atoms with van der Waals surface area (Å²) in [5.74, 6) is 0. The van der Waals surface area contributed by atoms with Crippen molar-refractivity contribution in [2.75, 3.05) is 0 Å². The second-order valence-corrected chi connectivity index (χ2v) is 12.2. The molecule has 2 aliphatic carbocycles. The molecule has 1 radical (unpaired) electrons. The van der Waals surface area contributed by atoms with Crippen LogP contribution in [0.3, 0.4) is 0 Å². The fraction of sp³-hybridized carbons (Fsp3) is 0.0889. The fourth-order valence-electron chi connectivity index (χ4n) is 7.21. The van der Waals surface area contributed by atoms with E-state index in [0.29, 0.717) is 0 Å². The molecule has 0 fully saturated rings. The number of rotatable bonds is 7. The van der Waals surface area contributed by atoms with Crippen LogP contribution >= 0.6 is 0 Å². The smallest absolute Gasteiger partial charge is 0 e. The van der Waals surface area contributed by atoms with Crippen LogP contribution in [0.2, 0.25) is 0 Å². The molecule has 0 unspecified atom stereocenters. The summed E-state index contributed by atoms with van der Waals surface area (Å²) in [7, 11) is 0. The maximum Gasteiger partial charge on any atom is 0 e. The largest absolute Gasteiger partial charge is 1.00 e. The Labute approximate surface area is 314 Å². The van der Waals surface area contributed by atoms with Crippen LogP contribution in [0.15, 0.2) is 158 Å². The Morgan fingerprint density at radius 1 is 0.380 bits per heavy atom. The molecule has 6 aromatic rings. The molecule has 0 spiro atoms. The van der Waals surface area contributed by atoms with E-state index in [2.05, 4.69) is 199 Å². The van der Waals surface area contributed by atoms with E-state index in [1.54, 1.807) is 0 Å². The number of nitrogens with one attached hydrogen (secondary N) is 2. The summed E-state index contributed by atoms with van der Waals surface area (Å²) in [5, 5.41) is 8.52. The van der Waals surface area contributed by atoms with Gasteiger partial charge in [-0.2, -0.15) is 0 Å². The molecule has 5 heteroatoms. The summed E-state index contributed by atoms with van der Waals surface area (Å²) in [5.41, 5.74) is 12.6. The maximum absolute atomic E-state index is 7.50. The first kappa shape index (κ1) is 36.7. The van der Waals surface area contributed by atoms with E-state index in [-0.39, 0.29) is 56.7 Å². The molecule has 6 aromatic carbocycles. The first-order valence-electron chi connectivity index (χ1n) is 16.4. The minimum Gasteiger partial charge on any atom is -1.00 e. The molecule has 8 rings (SSSR count). The van der Waals surface area contributed by atoms with Crippen LogP contribution in [0.5, 0.6) is 0 Å². The van der Waals surface area contributed by atoms with E-state index in [0.717, 1.165) is 0 Å². The molecule has 2 N–H and O–H groups in total. The van der Waals surface area contributed by atoms with E-state index in [1.807, 2.05) is 0 Å². The van der Waals surface area contributed by atoms with Crippen molar-refractivity contribution in [3.63, 3.8) is 0 Å². The van der Waals surface area contributed by atoms with E-state index in [4.69, 9.17) is 4.65 Å². The average Bonchev–Trinajstić information content (AvgIpc) is 3.43. The van der Waals surface area contributed by atoms with Crippen molar-refractivity contribution in [2.45, 2.75) is 24.2 Å². The van der Waals surface area contributed by atoms with Gasteiger partial charge >= 0.3 is 11.3 Å². The molecule has 2 aliphatic rings. The SMILES string of the molecule is C1=Cc2ccccc2C(N[C@@H](c2ccccc2)[C@@H](NC2c3ccccc3C=Cc3ccccc32)c2ccccc2)c2ccccc21.[C-]#[O+].[Cl-].[Ir]. The first-order chi connectivity index (χ1) is 23.8. The normalized spacial score (nSPS) is 13.9. The van der Waals surface area contributed by atoms with Gasteiger partial charge in [-0.1, -0.05) is 182 Å². The third-order valence-corrected chi connectivity index (χ3v) is 9.46. The van der Waals surface area contributed by atoms with Crippen molar-refractivity contribution < 1.29 is 37.2 Å². The van der Waals surface area contributed by atoms with Crippen molar-refractivity contribution >= 4 is 24.3 Å². The quantitative estimate of drug-likeness (QED) is 0.133. The van der Waals surface area contributed by atoms with E-state index in [1.165, 1.54) is 55.6 Å². The summed E-state index contributed by atoms with van der Waals surface area (Å²) >= 11 is 0. The molecule has 0 aliphatic heterocycles. The Morgan fingerprint density at radius 3 is 0.900 bits per heavy atom. The van der Waals surface area contributed by atoms with Gasteiger partial charge in [0, 0.05) is 20.1 Å². The second-order valence-electron chi connectivity index (χ2n) is 12.2. The number of hydrogen-bond donors (Lipinski definition) is 2. The molecular formula is C45H36ClIrN2O-. The van der Waals surface area contributed by atoms with Crippen LogP contribution in [0.4, 0.5) is 0 Å². The van der Waals surface area contributed by atoms with Crippen LogP contribution in [0.1, 0.15) is 79.8 Å². The van der Waals surface area contributed by atoms with Gasteiger partial charge in [-0.3, -0.25) is 10.6 Å². The zero-order chi connectivity index (χ0) is 32.7. The van der Waals surface area contributed by atoms with Crippen LogP contribution < -0.4 is 23.0 Å². The summed E-state index contributed by atoms with van der Waals surface area (Å²) in [6.07, 6.45) is 9.03. The molecule has 50 heavy (non-hydrogen) atoms. The molecule has 0 saturated heterocycles. The van der Waals surface area contributed by atoms with E-state index in [9.17, 15) is 0 Å². The minimum absolute atomic E-state index is 0. The van der Waals surface area contributed by atoms with Gasteiger partial charge in [-0.05, 0) is 55.6 Å². The van der Waals surface area contributed by atoms with Crippen LogP contribution in [-0.2, 0) is 24.8 Å². The van der Waals surface area contributed by atoms with Crippen molar-refractivity contribution in [2.24, 2.45) is 0 Å². The van der Waals surface area contributed by atoms with Crippen LogP contribution in [0, 0.1) is 6.65 Å². The Morgan fingerprint density at radius 2 is 0.620 bits per heavy atom. The maximum atomic E-state index is 7.50. The zero-order valence-corrected chi connectivity index (χ0v) is 30.4. The minimum atomic E-state index is -0.0663. The second kappa shape index (κ2) is 17.4. The Kier molecular flexibility index (Phi) is 12.7. The third-order valence-electron chi connectivity index (χ3n) is 9.46. The van der Waals surface area contributed by atoms with Gasteiger partial charge in [0.05, 0.1) is 24.2 Å². The van der Waals surface area contributed by atoms with E-state index < -0.39 is 0 Å². The van der Waals surface area contributed by atoms with Crippen molar-refractivity contribution in [3.05, 3.63) is 220 Å². The number of fused-ring (bicyclic) bond motifs is 4.